The Morgan fingerprint density at radius 1 is 1.16 bits per heavy atom. The maximum atomic E-state index is 12.3. The Kier molecular flexibility index (Phi) is 8.47. The molecule has 0 bridgehead atoms. The van der Waals surface area contributed by atoms with Crippen LogP contribution in [0.2, 0.25) is 0 Å². The number of nitrogens with one attached hydrogen (secondary N) is 1. The molecular weight excluding hydrogens is 422 g/mol. The molecular formula is C24H27N5O2S. The maximum absolute atomic E-state index is 12.3. The lowest BCUT2D eigenvalue weighted by molar-refractivity contribution is -0.129. The Balaban J connectivity index is 0.000000269. The van der Waals surface area contributed by atoms with E-state index in [1.54, 1.807) is 12.3 Å². The molecule has 2 heterocycles. The lowest BCUT2D eigenvalue weighted by atomic mass is 9.84. The highest BCUT2D eigenvalue weighted by atomic mass is 32.2. The second kappa shape index (κ2) is 11.5. The highest BCUT2D eigenvalue weighted by Gasteiger charge is 2.29. The third kappa shape index (κ3) is 5.99. The zero-order chi connectivity index (χ0) is 22.9. The van der Waals surface area contributed by atoms with Gasteiger partial charge in [0.2, 0.25) is 5.91 Å². The minimum Gasteiger partial charge on any atom is -0.343 e. The number of pyridine rings is 1. The number of benzene rings is 1. The van der Waals surface area contributed by atoms with Crippen molar-refractivity contribution in [3.63, 3.8) is 0 Å². The first-order valence-electron chi connectivity index (χ1n) is 10.8. The molecule has 1 saturated heterocycles. The van der Waals surface area contributed by atoms with Crippen LogP contribution in [-0.2, 0) is 4.79 Å². The van der Waals surface area contributed by atoms with Gasteiger partial charge in [-0.15, -0.1) is 11.8 Å². The molecule has 1 aromatic carbocycles. The minimum absolute atomic E-state index is 0.117. The third-order valence-electron chi connectivity index (χ3n) is 5.84. The first-order chi connectivity index (χ1) is 15.5. The number of nitrogens with zero attached hydrogens (tertiary/aromatic N) is 4. The van der Waals surface area contributed by atoms with Gasteiger partial charge in [-0.05, 0) is 43.7 Å². The molecule has 2 fully saturated rings. The number of rotatable bonds is 3. The summed E-state index contributed by atoms with van der Waals surface area (Å²) >= 11 is 1.54. The minimum atomic E-state index is -0.411. The zero-order valence-electron chi connectivity index (χ0n) is 18.2. The number of amides is 2. The van der Waals surface area contributed by atoms with Crippen molar-refractivity contribution in [2.75, 3.05) is 18.2 Å². The van der Waals surface area contributed by atoms with E-state index in [9.17, 15) is 9.59 Å². The van der Waals surface area contributed by atoms with E-state index in [-0.39, 0.29) is 18.4 Å². The topological polar surface area (TPSA) is 110 Å². The average molecular weight is 450 g/mol. The van der Waals surface area contributed by atoms with Gasteiger partial charge < -0.3 is 10.2 Å². The highest BCUT2D eigenvalue weighted by molar-refractivity contribution is 7.99. The van der Waals surface area contributed by atoms with Crippen molar-refractivity contribution in [3.8, 4) is 12.1 Å². The van der Waals surface area contributed by atoms with Gasteiger partial charge in [-0.3, -0.25) is 14.6 Å². The molecule has 2 aliphatic rings. The van der Waals surface area contributed by atoms with Crippen LogP contribution in [0.4, 0.5) is 0 Å². The Labute approximate surface area is 192 Å². The number of para-hydroxylation sites is 1. The molecule has 8 heteroatoms. The molecule has 166 valence electrons. The average Bonchev–Trinajstić information content (AvgIpc) is 3.32. The van der Waals surface area contributed by atoms with Crippen LogP contribution in [0, 0.1) is 34.5 Å². The molecule has 1 unspecified atom stereocenters. The van der Waals surface area contributed by atoms with Gasteiger partial charge in [-0.2, -0.15) is 10.5 Å². The van der Waals surface area contributed by atoms with Crippen molar-refractivity contribution >= 4 is 34.5 Å². The van der Waals surface area contributed by atoms with Crippen molar-refractivity contribution < 1.29 is 9.59 Å². The lowest BCUT2D eigenvalue weighted by Gasteiger charge is -2.20. The van der Waals surface area contributed by atoms with Crippen LogP contribution in [0.3, 0.4) is 0 Å². The summed E-state index contributed by atoms with van der Waals surface area (Å²) in [7, 11) is 0. The predicted molar refractivity (Wildman–Crippen MR) is 124 cm³/mol. The Bertz CT molecular complexity index is 1030. The second-order valence-electron chi connectivity index (χ2n) is 8.15. The molecule has 1 aliphatic heterocycles. The van der Waals surface area contributed by atoms with Crippen LogP contribution in [0.5, 0.6) is 0 Å². The van der Waals surface area contributed by atoms with Crippen molar-refractivity contribution in [2.24, 2.45) is 11.8 Å². The third-order valence-corrected chi connectivity index (χ3v) is 6.86. The van der Waals surface area contributed by atoms with Crippen LogP contribution in [0.25, 0.3) is 10.9 Å². The fourth-order valence-corrected chi connectivity index (χ4v) is 4.93. The highest BCUT2D eigenvalue weighted by Crippen LogP contribution is 2.27. The van der Waals surface area contributed by atoms with Crippen molar-refractivity contribution in [1.82, 2.24) is 15.2 Å². The summed E-state index contributed by atoms with van der Waals surface area (Å²) in [6.45, 7) is 2.15. The van der Waals surface area contributed by atoms with Crippen LogP contribution >= 0.6 is 11.8 Å². The van der Waals surface area contributed by atoms with Gasteiger partial charge in [-0.25, -0.2) is 0 Å². The fourth-order valence-electron chi connectivity index (χ4n) is 3.83. The molecule has 2 amide bonds. The van der Waals surface area contributed by atoms with E-state index >= 15 is 0 Å². The van der Waals surface area contributed by atoms with Crippen molar-refractivity contribution in [2.45, 2.75) is 38.6 Å². The number of hydrogen-bond donors (Lipinski definition) is 1. The lowest BCUT2D eigenvalue weighted by Crippen LogP contribution is -2.42. The smallest absolute Gasteiger partial charge is 0.252 e. The molecule has 2 aromatic rings. The van der Waals surface area contributed by atoms with Gasteiger partial charge in [0.1, 0.15) is 6.04 Å². The molecule has 1 aromatic heterocycles. The van der Waals surface area contributed by atoms with E-state index in [1.165, 1.54) is 29.5 Å². The zero-order valence-corrected chi connectivity index (χ0v) is 19.0. The van der Waals surface area contributed by atoms with Gasteiger partial charge >= 0.3 is 0 Å². The van der Waals surface area contributed by atoms with Crippen LogP contribution in [0.15, 0.2) is 36.5 Å². The molecule has 4 rings (SSSR count). The summed E-state index contributed by atoms with van der Waals surface area (Å²) in [6.07, 6.45) is 6.37. The van der Waals surface area contributed by atoms with Crippen LogP contribution in [0.1, 0.15) is 43.0 Å². The number of thioether (sulfide) groups is 1. The Hall–Kier alpha value is -3.10. The number of aromatic nitrogens is 1. The van der Waals surface area contributed by atoms with E-state index in [0.717, 1.165) is 29.7 Å². The molecule has 0 spiro atoms. The van der Waals surface area contributed by atoms with Crippen molar-refractivity contribution in [3.05, 3.63) is 42.1 Å². The molecule has 1 saturated carbocycles. The van der Waals surface area contributed by atoms with Gasteiger partial charge in [0.05, 0.1) is 35.6 Å². The second-order valence-corrected chi connectivity index (χ2v) is 9.15. The molecule has 0 radical (unpaired) electrons. The van der Waals surface area contributed by atoms with E-state index in [1.807, 2.05) is 24.3 Å². The van der Waals surface area contributed by atoms with Gasteiger partial charge in [0, 0.05) is 23.3 Å². The molecule has 32 heavy (non-hydrogen) atoms. The van der Waals surface area contributed by atoms with Gasteiger partial charge in [0.15, 0.2) is 0 Å². The predicted octanol–water partition coefficient (Wildman–Crippen LogP) is 3.73. The normalized spacial score (nSPS) is 22.2. The van der Waals surface area contributed by atoms with Crippen molar-refractivity contribution in [1.29, 1.82) is 10.5 Å². The van der Waals surface area contributed by atoms with Crippen LogP contribution in [-0.4, -0.2) is 45.9 Å². The fraction of sp³-hybridized carbons (Fsp3) is 0.458. The summed E-state index contributed by atoms with van der Waals surface area (Å²) in [4.78, 5) is 30.2. The molecule has 1 N–H and O–H groups in total. The first-order valence-corrected chi connectivity index (χ1v) is 12.0. The summed E-state index contributed by atoms with van der Waals surface area (Å²) in [5.41, 5.74) is 1.21. The molecule has 1 aliphatic carbocycles. The van der Waals surface area contributed by atoms with Gasteiger partial charge in [0.25, 0.3) is 5.91 Å². The number of carbonyl (C=O) groups excluding carboxylic acids is 2. The summed E-state index contributed by atoms with van der Waals surface area (Å²) in [5.74, 6) is 1.79. The largest absolute Gasteiger partial charge is 0.343 e. The van der Waals surface area contributed by atoms with Gasteiger partial charge in [-0.1, -0.05) is 25.1 Å². The van der Waals surface area contributed by atoms with E-state index in [2.05, 4.69) is 29.4 Å². The monoisotopic (exact) mass is 449 g/mol. The summed E-state index contributed by atoms with van der Waals surface area (Å²) in [5, 5.41) is 20.9. The molecule has 7 nitrogen and oxygen atoms in total. The number of hydrogen-bond acceptors (Lipinski definition) is 6. The number of nitriles is 2. The summed E-state index contributed by atoms with van der Waals surface area (Å²) < 4.78 is 0. The Morgan fingerprint density at radius 2 is 1.91 bits per heavy atom. The quantitative estimate of drug-likeness (QED) is 0.765. The molecule has 1 atom stereocenters. The van der Waals surface area contributed by atoms with E-state index < -0.39 is 6.04 Å². The van der Waals surface area contributed by atoms with E-state index in [0.29, 0.717) is 23.1 Å². The first kappa shape index (κ1) is 23.6. The maximum Gasteiger partial charge on any atom is 0.252 e. The number of fused-ring (bicyclic) bond motifs is 1. The van der Waals surface area contributed by atoms with E-state index in [4.69, 9.17) is 10.5 Å². The SMILES string of the molecule is CC1CCC(C#N)CC1.N#CC1CSCN1C(=O)CNC(=O)c1ccnc2ccccc12. The standard InChI is InChI=1S/C16H14N4O2S.C8H13N/c17-7-11-9-23-10-20(11)15(21)8-19-16(22)13-5-6-18-14-4-2-1-3-12(13)14;1-7-2-4-8(6-9)5-3-7/h1-6,11H,8-10H2,(H,19,22);7-8H,2-5H2,1H3. The van der Waals surface area contributed by atoms with Crippen LogP contribution < -0.4 is 5.32 Å². The number of carbonyl (C=O) groups is 2. The Morgan fingerprint density at radius 3 is 2.62 bits per heavy atom. The summed E-state index contributed by atoms with van der Waals surface area (Å²) in [6, 6.07) is 13.0.